The van der Waals surface area contributed by atoms with E-state index in [4.69, 9.17) is 4.74 Å². The molecule has 23 heavy (non-hydrogen) atoms. The topological polar surface area (TPSA) is 66.5 Å². The van der Waals surface area contributed by atoms with E-state index in [0.717, 1.165) is 63.7 Å². The maximum atomic E-state index is 12.1. The fourth-order valence-corrected chi connectivity index (χ4v) is 2.76. The number of pyridine rings is 1. The number of carbonyl (C=O) groups is 1. The number of aromatic nitrogens is 1. The highest BCUT2D eigenvalue weighted by Gasteiger charge is 2.21. The lowest BCUT2D eigenvalue weighted by atomic mass is 9.99. The van der Waals surface area contributed by atoms with E-state index in [-0.39, 0.29) is 36.6 Å². The Morgan fingerprint density at radius 2 is 2.09 bits per heavy atom. The summed E-state index contributed by atoms with van der Waals surface area (Å²) in [5.74, 6) is 1.09. The molecule has 2 aliphatic heterocycles. The largest absolute Gasteiger partial charge is 0.378 e. The van der Waals surface area contributed by atoms with Gasteiger partial charge in [0.1, 0.15) is 5.82 Å². The van der Waals surface area contributed by atoms with Gasteiger partial charge in [-0.3, -0.25) is 4.79 Å². The number of nitrogens with one attached hydrogen (secondary N) is 2. The minimum atomic E-state index is 0. The van der Waals surface area contributed by atoms with Crippen molar-refractivity contribution in [2.75, 3.05) is 49.6 Å². The molecule has 0 aromatic carbocycles. The number of hydrogen-bond donors (Lipinski definition) is 2. The molecule has 1 aromatic rings. The van der Waals surface area contributed by atoms with Gasteiger partial charge in [0.15, 0.2) is 0 Å². The standard InChI is InChI=1S/C15H22N4O2.2ClH/c20-15(12-2-1-5-16-10-12)18-13-3-4-14(17-11-13)19-6-8-21-9-7-19;;/h3-4,11-12,16H,1-2,5-10H2,(H,18,20);2*1H/t12-;;/m1../s1. The van der Waals surface area contributed by atoms with Gasteiger partial charge in [-0.2, -0.15) is 0 Å². The van der Waals surface area contributed by atoms with Crippen LogP contribution in [0.2, 0.25) is 0 Å². The number of hydrogen-bond acceptors (Lipinski definition) is 5. The Labute approximate surface area is 149 Å². The number of nitrogens with zero attached hydrogens (tertiary/aromatic N) is 2. The lowest BCUT2D eigenvalue weighted by molar-refractivity contribution is -0.120. The van der Waals surface area contributed by atoms with E-state index in [9.17, 15) is 4.79 Å². The number of amides is 1. The molecule has 0 bridgehead atoms. The molecule has 0 unspecified atom stereocenters. The Balaban J connectivity index is 0.00000132. The van der Waals surface area contributed by atoms with Crippen LogP contribution < -0.4 is 15.5 Å². The van der Waals surface area contributed by atoms with Gasteiger partial charge < -0.3 is 20.3 Å². The average Bonchev–Trinajstić information content (AvgIpc) is 2.57. The van der Waals surface area contributed by atoms with E-state index in [0.29, 0.717) is 0 Å². The monoisotopic (exact) mass is 362 g/mol. The molecule has 0 radical (unpaired) electrons. The molecule has 2 fully saturated rings. The van der Waals surface area contributed by atoms with Gasteiger partial charge in [0.05, 0.1) is 31.0 Å². The summed E-state index contributed by atoms with van der Waals surface area (Å²) in [6.45, 7) is 5.01. The Bertz CT molecular complexity index is 475. The van der Waals surface area contributed by atoms with Crippen LogP contribution in [0.15, 0.2) is 18.3 Å². The molecule has 1 amide bonds. The third-order valence-electron chi connectivity index (χ3n) is 4.02. The lowest BCUT2D eigenvalue weighted by Crippen LogP contribution is -2.37. The molecule has 3 rings (SSSR count). The third kappa shape index (κ3) is 5.49. The number of carbonyl (C=O) groups excluding carboxylic acids is 1. The van der Waals surface area contributed by atoms with Gasteiger partial charge in [0.2, 0.25) is 5.91 Å². The maximum absolute atomic E-state index is 12.1. The minimum absolute atomic E-state index is 0. The summed E-state index contributed by atoms with van der Waals surface area (Å²) in [5.41, 5.74) is 0.766. The molecule has 130 valence electrons. The zero-order chi connectivity index (χ0) is 14.5. The van der Waals surface area contributed by atoms with Gasteiger partial charge in [-0.25, -0.2) is 4.98 Å². The molecule has 2 N–H and O–H groups in total. The highest BCUT2D eigenvalue weighted by Crippen LogP contribution is 2.17. The number of anilines is 2. The Morgan fingerprint density at radius 1 is 1.30 bits per heavy atom. The van der Waals surface area contributed by atoms with E-state index in [1.807, 2.05) is 12.1 Å². The number of ether oxygens (including phenoxy) is 1. The molecule has 3 heterocycles. The van der Waals surface area contributed by atoms with Crippen LogP contribution in [0.3, 0.4) is 0 Å². The van der Waals surface area contributed by atoms with E-state index in [1.54, 1.807) is 6.20 Å². The van der Waals surface area contributed by atoms with E-state index >= 15 is 0 Å². The third-order valence-corrected chi connectivity index (χ3v) is 4.02. The Kier molecular flexibility index (Phi) is 8.62. The summed E-state index contributed by atoms with van der Waals surface area (Å²) >= 11 is 0. The van der Waals surface area contributed by atoms with Crippen molar-refractivity contribution in [3.05, 3.63) is 18.3 Å². The van der Waals surface area contributed by atoms with Crippen molar-refractivity contribution in [1.82, 2.24) is 10.3 Å². The smallest absolute Gasteiger partial charge is 0.228 e. The molecule has 8 heteroatoms. The fourth-order valence-electron chi connectivity index (χ4n) is 2.76. The second kappa shape index (κ2) is 9.93. The van der Waals surface area contributed by atoms with Gasteiger partial charge in [0.25, 0.3) is 0 Å². The number of halogens is 2. The molecule has 2 saturated heterocycles. The first-order chi connectivity index (χ1) is 10.3. The van der Waals surface area contributed by atoms with Gasteiger partial charge in [-0.15, -0.1) is 24.8 Å². The van der Waals surface area contributed by atoms with Crippen LogP contribution in [0, 0.1) is 5.92 Å². The summed E-state index contributed by atoms with van der Waals surface area (Å²) in [5, 5.41) is 6.22. The van der Waals surface area contributed by atoms with E-state index < -0.39 is 0 Å². The summed E-state index contributed by atoms with van der Waals surface area (Å²) in [6, 6.07) is 3.88. The van der Waals surface area contributed by atoms with Crippen molar-refractivity contribution in [2.45, 2.75) is 12.8 Å². The average molecular weight is 363 g/mol. The van der Waals surface area contributed by atoms with Crippen molar-refractivity contribution in [3.63, 3.8) is 0 Å². The maximum Gasteiger partial charge on any atom is 0.228 e. The van der Waals surface area contributed by atoms with Gasteiger partial charge >= 0.3 is 0 Å². The van der Waals surface area contributed by atoms with Crippen molar-refractivity contribution in [3.8, 4) is 0 Å². The number of piperidine rings is 1. The lowest BCUT2D eigenvalue weighted by Gasteiger charge is -2.27. The van der Waals surface area contributed by atoms with Gasteiger partial charge in [0, 0.05) is 19.6 Å². The minimum Gasteiger partial charge on any atom is -0.378 e. The van der Waals surface area contributed by atoms with Crippen LogP contribution in [0.5, 0.6) is 0 Å². The van der Waals surface area contributed by atoms with E-state index in [1.165, 1.54) is 0 Å². The van der Waals surface area contributed by atoms with Crippen LogP contribution in [0.4, 0.5) is 11.5 Å². The molecule has 2 aliphatic rings. The van der Waals surface area contributed by atoms with Crippen LogP contribution in [0.25, 0.3) is 0 Å². The first-order valence-corrected chi connectivity index (χ1v) is 7.63. The summed E-state index contributed by atoms with van der Waals surface area (Å²) in [7, 11) is 0. The van der Waals surface area contributed by atoms with E-state index in [2.05, 4.69) is 20.5 Å². The van der Waals surface area contributed by atoms with Crippen LogP contribution >= 0.6 is 24.8 Å². The predicted molar refractivity (Wildman–Crippen MR) is 96.0 cm³/mol. The van der Waals surface area contributed by atoms with Crippen LogP contribution in [0.1, 0.15) is 12.8 Å². The SMILES string of the molecule is Cl.Cl.O=C(Nc1ccc(N2CCOCC2)nc1)[C@@H]1CCCNC1. The predicted octanol–water partition coefficient (Wildman–Crippen LogP) is 1.70. The normalized spacial score (nSPS) is 20.9. The van der Waals surface area contributed by atoms with Crippen LogP contribution in [-0.2, 0) is 9.53 Å². The zero-order valence-corrected chi connectivity index (χ0v) is 14.6. The Hall–Kier alpha value is -1.08. The number of rotatable bonds is 3. The molecule has 0 saturated carbocycles. The summed E-state index contributed by atoms with van der Waals surface area (Å²) < 4.78 is 5.33. The highest BCUT2D eigenvalue weighted by atomic mass is 35.5. The molecule has 0 spiro atoms. The molecule has 1 aromatic heterocycles. The molecular weight excluding hydrogens is 339 g/mol. The molecule has 1 atom stereocenters. The zero-order valence-electron chi connectivity index (χ0n) is 13.0. The Morgan fingerprint density at radius 3 is 2.70 bits per heavy atom. The van der Waals surface area contributed by atoms with Crippen molar-refractivity contribution >= 4 is 42.2 Å². The van der Waals surface area contributed by atoms with Crippen molar-refractivity contribution in [1.29, 1.82) is 0 Å². The van der Waals surface area contributed by atoms with Crippen LogP contribution in [-0.4, -0.2) is 50.3 Å². The second-order valence-corrected chi connectivity index (χ2v) is 5.54. The first kappa shape index (κ1) is 20.0. The molecular formula is C15H24Cl2N4O2. The summed E-state index contributed by atoms with van der Waals surface area (Å²) in [6.07, 6.45) is 3.75. The van der Waals surface area contributed by atoms with Gasteiger partial charge in [-0.05, 0) is 31.5 Å². The quantitative estimate of drug-likeness (QED) is 0.856. The van der Waals surface area contributed by atoms with Crippen molar-refractivity contribution < 1.29 is 9.53 Å². The fraction of sp³-hybridized carbons (Fsp3) is 0.600. The molecule has 6 nitrogen and oxygen atoms in total. The second-order valence-electron chi connectivity index (χ2n) is 5.54. The number of morpholine rings is 1. The first-order valence-electron chi connectivity index (χ1n) is 7.63. The molecule has 0 aliphatic carbocycles. The highest BCUT2D eigenvalue weighted by molar-refractivity contribution is 5.92. The van der Waals surface area contributed by atoms with Gasteiger partial charge in [-0.1, -0.05) is 0 Å². The van der Waals surface area contributed by atoms with Crippen molar-refractivity contribution in [2.24, 2.45) is 5.92 Å². The summed E-state index contributed by atoms with van der Waals surface area (Å²) in [4.78, 5) is 18.8.